The van der Waals surface area contributed by atoms with Gasteiger partial charge < -0.3 is 9.84 Å². The molecular weight excluding hydrogens is 381 g/mol. The smallest absolute Gasteiger partial charge is 0.508 e. The summed E-state index contributed by atoms with van der Waals surface area (Å²) in [5.74, 6) is -0.136. The quantitative estimate of drug-likeness (QED) is 0.470. The number of ether oxygens (including phenoxy) is 1. The lowest BCUT2D eigenvalue weighted by molar-refractivity contribution is -0.274. The molecule has 0 atom stereocenters. The van der Waals surface area contributed by atoms with Crippen LogP contribution >= 0.6 is 0 Å². The monoisotopic (exact) mass is 396 g/mol. The Hall–Kier alpha value is -3.61. The fourth-order valence-corrected chi connectivity index (χ4v) is 3.09. The highest BCUT2D eigenvalue weighted by atomic mass is 19.4. The Bertz CT molecular complexity index is 1170. The standard InChI is InChI=1S/C22H15F3N2O2/c1-13-10-15-2-6-17(28)11-20(15)27-21(13)16-5-9-19(26-12-16)14-3-7-18(8-4-14)29-22(23,24)25/h2-12,28H,1H3. The Morgan fingerprint density at radius 2 is 1.62 bits per heavy atom. The molecule has 0 amide bonds. The molecule has 0 radical (unpaired) electrons. The third-order valence-corrected chi connectivity index (χ3v) is 4.41. The number of halogens is 3. The van der Waals surface area contributed by atoms with Gasteiger partial charge in [-0.25, -0.2) is 4.98 Å². The minimum atomic E-state index is -4.72. The summed E-state index contributed by atoms with van der Waals surface area (Å²) >= 11 is 0. The molecule has 0 aliphatic rings. The summed E-state index contributed by atoms with van der Waals surface area (Å²) in [4.78, 5) is 9.05. The van der Waals surface area contributed by atoms with E-state index in [2.05, 4.69) is 14.7 Å². The molecule has 4 aromatic rings. The summed E-state index contributed by atoms with van der Waals surface area (Å²) in [7, 11) is 0. The minimum Gasteiger partial charge on any atom is -0.508 e. The second-order valence-corrected chi connectivity index (χ2v) is 6.54. The lowest BCUT2D eigenvalue weighted by atomic mass is 10.0. The topological polar surface area (TPSA) is 55.2 Å². The van der Waals surface area contributed by atoms with Crippen LogP contribution in [0.4, 0.5) is 13.2 Å². The Balaban J connectivity index is 1.63. The zero-order chi connectivity index (χ0) is 20.6. The average molecular weight is 396 g/mol. The first kappa shape index (κ1) is 18.7. The highest BCUT2D eigenvalue weighted by Gasteiger charge is 2.30. The average Bonchev–Trinajstić information content (AvgIpc) is 2.67. The van der Waals surface area contributed by atoms with Gasteiger partial charge in [-0.05, 0) is 67.1 Å². The molecule has 4 rings (SSSR count). The van der Waals surface area contributed by atoms with Crippen LogP contribution in [-0.4, -0.2) is 21.4 Å². The third-order valence-electron chi connectivity index (χ3n) is 4.41. The van der Waals surface area contributed by atoms with Gasteiger partial charge >= 0.3 is 6.36 Å². The van der Waals surface area contributed by atoms with Crippen molar-refractivity contribution in [1.82, 2.24) is 9.97 Å². The van der Waals surface area contributed by atoms with E-state index in [1.165, 1.54) is 24.3 Å². The summed E-state index contributed by atoms with van der Waals surface area (Å²) in [6.45, 7) is 1.95. The Labute approximate surface area is 164 Å². The molecule has 0 spiro atoms. The SMILES string of the molecule is Cc1cc2ccc(O)cc2nc1-c1ccc(-c2ccc(OC(F)(F)F)cc2)nc1. The molecule has 0 bridgehead atoms. The zero-order valence-electron chi connectivity index (χ0n) is 15.2. The predicted molar refractivity (Wildman–Crippen MR) is 103 cm³/mol. The number of phenolic OH excluding ortho intramolecular Hbond substituents is 1. The van der Waals surface area contributed by atoms with Gasteiger partial charge in [-0.1, -0.05) is 0 Å². The molecule has 2 aromatic carbocycles. The molecular formula is C22H15F3N2O2. The van der Waals surface area contributed by atoms with E-state index in [1.54, 1.807) is 24.4 Å². The fourth-order valence-electron chi connectivity index (χ4n) is 3.09. The number of phenols is 1. The number of aromatic hydroxyl groups is 1. The van der Waals surface area contributed by atoms with Crippen LogP contribution in [0.5, 0.6) is 11.5 Å². The highest BCUT2D eigenvalue weighted by molar-refractivity contribution is 5.84. The Morgan fingerprint density at radius 1 is 0.897 bits per heavy atom. The molecule has 2 heterocycles. The van der Waals surface area contributed by atoms with Gasteiger partial charge in [-0.3, -0.25) is 4.98 Å². The van der Waals surface area contributed by atoms with E-state index in [0.29, 0.717) is 16.8 Å². The van der Waals surface area contributed by atoms with E-state index in [9.17, 15) is 18.3 Å². The van der Waals surface area contributed by atoms with Gasteiger partial charge in [0.05, 0.1) is 16.9 Å². The Kier molecular flexibility index (Phi) is 4.58. The Morgan fingerprint density at radius 3 is 2.28 bits per heavy atom. The van der Waals surface area contributed by atoms with Gasteiger partial charge in [0.15, 0.2) is 0 Å². The summed E-state index contributed by atoms with van der Waals surface area (Å²) in [6, 6.07) is 16.2. The van der Waals surface area contributed by atoms with Crippen LogP contribution in [-0.2, 0) is 0 Å². The fraction of sp³-hybridized carbons (Fsp3) is 0.0909. The number of aryl methyl sites for hydroxylation is 1. The minimum absolute atomic E-state index is 0.145. The largest absolute Gasteiger partial charge is 0.573 e. The first-order valence-corrected chi connectivity index (χ1v) is 8.71. The molecule has 2 aromatic heterocycles. The number of nitrogens with zero attached hydrogens (tertiary/aromatic N) is 2. The lowest BCUT2D eigenvalue weighted by Crippen LogP contribution is -2.16. The van der Waals surface area contributed by atoms with Crippen molar-refractivity contribution in [3.8, 4) is 34.0 Å². The van der Waals surface area contributed by atoms with Gasteiger partial charge in [0.2, 0.25) is 0 Å². The van der Waals surface area contributed by atoms with Crippen molar-refractivity contribution in [2.24, 2.45) is 0 Å². The van der Waals surface area contributed by atoms with Crippen molar-refractivity contribution in [2.45, 2.75) is 13.3 Å². The molecule has 1 N–H and O–H groups in total. The van der Waals surface area contributed by atoms with E-state index in [4.69, 9.17) is 0 Å². The molecule has 0 aliphatic carbocycles. The molecule has 146 valence electrons. The number of benzene rings is 2. The van der Waals surface area contributed by atoms with Gasteiger partial charge in [-0.15, -0.1) is 13.2 Å². The van der Waals surface area contributed by atoms with E-state index < -0.39 is 6.36 Å². The van der Waals surface area contributed by atoms with Crippen LogP contribution in [0.2, 0.25) is 0 Å². The number of aromatic nitrogens is 2. The van der Waals surface area contributed by atoms with Crippen molar-refractivity contribution >= 4 is 10.9 Å². The van der Waals surface area contributed by atoms with Crippen LogP contribution in [0, 0.1) is 6.92 Å². The molecule has 29 heavy (non-hydrogen) atoms. The normalized spacial score (nSPS) is 11.6. The molecule has 0 aliphatic heterocycles. The first-order valence-electron chi connectivity index (χ1n) is 8.71. The molecule has 0 fully saturated rings. The van der Waals surface area contributed by atoms with E-state index >= 15 is 0 Å². The number of fused-ring (bicyclic) bond motifs is 1. The summed E-state index contributed by atoms with van der Waals surface area (Å²) < 4.78 is 40.7. The van der Waals surface area contributed by atoms with Crippen molar-refractivity contribution in [1.29, 1.82) is 0 Å². The van der Waals surface area contributed by atoms with Gasteiger partial charge in [0.25, 0.3) is 0 Å². The summed E-state index contributed by atoms with van der Waals surface area (Å²) in [5, 5.41) is 10.6. The van der Waals surface area contributed by atoms with Crippen LogP contribution in [0.3, 0.4) is 0 Å². The molecule has 0 saturated heterocycles. The van der Waals surface area contributed by atoms with Crippen molar-refractivity contribution in [2.75, 3.05) is 0 Å². The van der Waals surface area contributed by atoms with Crippen LogP contribution in [0.25, 0.3) is 33.4 Å². The van der Waals surface area contributed by atoms with Crippen molar-refractivity contribution in [3.63, 3.8) is 0 Å². The van der Waals surface area contributed by atoms with Gasteiger partial charge in [0.1, 0.15) is 11.5 Å². The molecule has 7 heteroatoms. The highest BCUT2D eigenvalue weighted by Crippen LogP contribution is 2.29. The maximum atomic E-state index is 12.3. The van der Waals surface area contributed by atoms with Crippen molar-refractivity contribution < 1.29 is 23.0 Å². The molecule has 0 unspecified atom stereocenters. The molecule has 4 nitrogen and oxygen atoms in total. The van der Waals surface area contributed by atoms with E-state index in [1.807, 2.05) is 25.1 Å². The number of hydrogen-bond acceptors (Lipinski definition) is 4. The maximum absolute atomic E-state index is 12.3. The number of rotatable bonds is 3. The van der Waals surface area contributed by atoms with Crippen molar-refractivity contribution in [3.05, 3.63) is 72.4 Å². The zero-order valence-corrected chi connectivity index (χ0v) is 15.2. The third kappa shape index (κ3) is 4.13. The van der Waals surface area contributed by atoms with Crippen LogP contribution in [0.1, 0.15) is 5.56 Å². The van der Waals surface area contributed by atoms with Crippen LogP contribution < -0.4 is 4.74 Å². The van der Waals surface area contributed by atoms with E-state index in [0.717, 1.165) is 22.2 Å². The maximum Gasteiger partial charge on any atom is 0.573 e. The first-order chi connectivity index (χ1) is 13.8. The van der Waals surface area contributed by atoms with Gasteiger partial charge in [0, 0.05) is 28.8 Å². The summed E-state index contributed by atoms with van der Waals surface area (Å²) in [5.41, 5.74) is 4.47. The number of pyridine rings is 2. The van der Waals surface area contributed by atoms with Crippen LogP contribution in [0.15, 0.2) is 66.9 Å². The predicted octanol–water partition coefficient (Wildman–Crippen LogP) is 5.88. The number of alkyl halides is 3. The van der Waals surface area contributed by atoms with Gasteiger partial charge in [-0.2, -0.15) is 0 Å². The summed E-state index contributed by atoms with van der Waals surface area (Å²) in [6.07, 6.45) is -3.05. The lowest BCUT2D eigenvalue weighted by Gasteiger charge is -2.10. The second kappa shape index (κ2) is 7.09. The molecule has 0 saturated carbocycles. The number of hydrogen-bond donors (Lipinski definition) is 1. The van der Waals surface area contributed by atoms with E-state index in [-0.39, 0.29) is 11.5 Å². The second-order valence-electron chi connectivity index (χ2n) is 6.54.